The van der Waals surface area contributed by atoms with Gasteiger partial charge in [-0.25, -0.2) is 14.4 Å². The van der Waals surface area contributed by atoms with Crippen molar-refractivity contribution in [2.24, 2.45) is 0 Å². The normalized spacial score (nSPS) is 13.6. The average Bonchev–Trinajstić information content (AvgIpc) is 3.09. The van der Waals surface area contributed by atoms with Crippen molar-refractivity contribution in [2.75, 3.05) is 36.6 Å². The number of alkyl carbamates (subject to hydrolysis) is 1. The lowest BCUT2D eigenvalue weighted by Gasteiger charge is -2.15. The van der Waals surface area contributed by atoms with E-state index in [4.69, 9.17) is 9.47 Å². The first-order valence-electron chi connectivity index (χ1n) is 9.04. The Hall–Kier alpha value is -3.56. The quantitative estimate of drug-likeness (QED) is 0.232. The summed E-state index contributed by atoms with van der Waals surface area (Å²) in [5.74, 6) is -1.85. The zero-order chi connectivity index (χ0) is 21.4. The van der Waals surface area contributed by atoms with E-state index in [0.717, 1.165) is 11.8 Å². The van der Waals surface area contributed by atoms with Gasteiger partial charge in [0.1, 0.15) is 12.2 Å². The van der Waals surface area contributed by atoms with Crippen LogP contribution in [0.25, 0.3) is 0 Å². The SMILES string of the molecule is CCOC(=O)NC(=O)/C(=C/Nc1ccc(N2CCOC2=O)cc1C)C(=O)OCC. The largest absolute Gasteiger partial charge is 0.462 e. The molecule has 156 valence electrons. The number of esters is 1. The van der Waals surface area contributed by atoms with E-state index < -0.39 is 29.6 Å². The second-order valence-corrected chi connectivity index (χ2v) is 5.86. The lowest BCUT2D eigenvalue weighted by molar-refractivity contribution is -0.140. The molecule has 0 bridgehead atoms. The molecule has 1 aromatic carbocycles. The maximum atomic E-state index is 12.2. The fraction of sp³-hybridized carbons (Fsp3) is 0.368. The number of carbonyl (C=O) groups is 4. The smallest absolute Gasteiger partial charge is 0.414 e. The van der Waals surface area contributed by atoms with Gasteiger partial charge in [-0.2, -0.15) is 0 Å². The Balaban J connectivity index is 2.18. The first-order chi connectivity index (χ1) is 13.9. The third kappa shape index (κ3) is 5.71. The van der Waals surface area contributed by atoms with E-state index in [1.165, 1.54) is 4.90 Å². The topological polar surface area (TPSA) is 123 Å². The highest BCUT2D eigenvalue weighted by molar-refractivity contribution is 6.19. The van der Waals surface area contributed by atoms with Gasteiger partial charge in [0, 0.05) is 17.6 Å². The summed E-state index contributed by atoms with van der Waals surface area (Å²) in [5, 5.41) is 4.81. The van der Waals surface area contributed by atoms with Gasteiger partial charge in [0.15, 0.2) is 0 Å². The van der Waals surface area contributed by atoms with Crippen molar-refractivity contribution in [1.29, 1.82) is 0 Å². The number of ether oxygens (including phenoxy) is 3. The highest BCUT2D eigenvalue weighted by atomic mass is 16.6. The number of hydrogen-bond donors (Lipinski definition) is 2. The van der Waals surface area contributed by atoms with Crippen LogP contribution in [0.15, 0.2) is 30.0 Å². The zero-order valence-electron chi connectivity index (χ0n) is 16.4. The monoisotopic (exact) mass is 405 g/mol. The van der Waals surface area contributed by atoms with Gasteiger partial charge in [-0.15, -0.1) is 0 Å². The number of nitrogens with zero attached hydrogens (tertiary/aromatic N) is 1. The Labute approximate surface area is 167 Å². The van der Waals surface area contributed by atoms with Crippen LogP contribution in [0, 0.1) is 6.92 Å². The Morgan fingerprint density at radius 3 is 2.52 bits per heavy atom. The number of anilines is 2. The predicted octanol–water partition coefficient (Wildman–Crippen LogP) is 2.08. The number of benzene rings is 1. The molecule has 1 aliphatic heterocycles. The Bertz CT molecular complexity index is 835. The van der Waals surface area contributed by atoms with Crippen molar-refractivity contribution in [3.63, 3.8) is 0 Å². The standard InChI is InChI=1S/C19H23N3O7/c1-4-27-17(24)14(16(23)21-18(25)28-5-2)11-20-15-7-6-13(10-12(15)3)22-8-9-29-19(22)26/h6-7,10-11,20H,4-5,8-9H2,1-3H3,(H,21,23,25)/b14-11-. The molecule has 0 unspecified atom stereocenters. The van der Waals surface area contributed by atoms with E-state index in [-0.39, 0.29) is 13.2 Å². The van der Waals surface area contributed by atoms with Crippen LogP contribution in [-0.4, -0.2) is 50.4 Å². The zero-order valence-corrected chi connectivity index (χ0v) is 16.4. The molecule has 0 spiro atoms. The van der Waals surface area contributed by atoms with Gasteiger partial charge in [-0.3, -0.25) is 15.0 Å². The lowest BCUT2D eigenvalue weighted by atomic mass is 10.1. The first kappa shape index (κ1) is 21.7. The molecule has 1 aliphatic rings. The Morgan fingerprint density at radius 1 is 1.21 bits per heavy atom. The van der Waals surface area contributed by atoms with Crippen molar-refractivity contribution in [2.45, 2.75) is 20.8 Å². The summed E-state index contributed by atoms with van der Waals surface area (Å²) in [6.45, 7) is 5.91. The van der Waals surface area contributed by atoms with Gasteiger partial charge in [0.25, 0.3) is 5.91 Å². The molecule has 1 heterocycles. The van der Waals surface area contributed by atoms with Gasteiger partial charge < -0.3 is 19.5 Å². The number of cyclic esters (lactones) is 1. The van der Waals surface area contributed by atoms with E-state index in [2.05, 4.69) is 10.1 Å². The predicted molar refractivity (Wildman–Crippen MR) is 103 cm³/mol. The minimum absolute atomic E-state index is 0.0581. The van der Waals surface area contributed by atoms with Crippen molar-refractivity contribution in [3.05, 3.63) is 35.5 Å². The molecule has 2 rings (SSSR count). The number of carbonyl (C=O) groups excluding carboxylic acids is 4. The van der Waals surface area contributed by atoms with Crippen LogP contribution in [-0.2, 0) is 23.8 Å². The number of rotatable bonds is 7. The van der Waals surface area contributed by atoms with E-state index in [1.807, 2.05) is 5.32 Å². The van der Waals surface area contributed by atoms with Gasteiger partial charge in [-0.1, -0.05) is 0 Å². The summed E-state index contributed by atoms with van der Waals surface area (Å²) >= 11 is 0. The first-order valence-corrected chi connectivity index (χ1v) is 9.04. The molecule has 1 fully saturated rings. The summed E-state index contributed by atoms with van der Waals surface area (Å²) in [5.41, 5.74) is 1.62. The minimum atomic E-state index is -0.967. The lowest BCUT2D eigenvalue weighted by Crippen LogP contribution is -2.35. The molecule has 2 N–H and O–H groups in total. The average molecular weight is 405 g/mol. The van der Waals surface area contributed by atoms with Crippen LogP contribution in [0.2, 0.25) is 0 Å². The summed E-state index contributed by atoms with van der Waals surface area (Å²) in [7, 11) is 0. The molecule has 10 heteroatoms. The number of nitrogens with one attached hydrogen (secondary N) is 2. The number of aryl methyl sites for hydroxylation is 1. The molecule has 0 radical (unpaired) electrons. The van der Waals surface area contributed by atoms with Gasteiger partial charge in [-0.05, 0) is 44.5 Å². The summed E-state index contributed by atoms with van der Waals surface area (Å²) < 4.78 is 14.4. The fourth-order valence-electron chi connectivity index (χ4n) is 2.51. The Morgan fingerprint density at radius 2 is 1.93 bits per heavy atom. The van der Waals surface area contributed by atoms with Crippen LogP contribution in [0.4, 0.5) is 21.0 Å². The molecule has 3 amide bonds. The Kier molecular flexibility index (Phi) is 7.58. The van der Waals surface area contributed by atoms with Crippen molar-refractivity contribution >= 4 is 35.4 Å². The molecule has 29 heavy (non-hydrogen) atoms. The molecule has 10 nitrogen and oxygen atoms in total. The van der Waals surface area contributed by atoms with Crippen LogP contribution < -0.4 is 15.5 Å². The maximum absolute atomic E-state index is 12.2. The van der Waals surface area contributed by atoms with E-state index >= 15 is 0 Å². The number of imide groups is 1. The van der Waals surface area contributed by atoms with Crippen molar-refractivity contribution in [1.82, 2.24) is 5.32 Å². The molecule has 1 saturated heterocycles. The number of hydrogen-bond acceptors (Lipinski definition) is 8. The molecule has 1 aromatic rings. The van der Waals surface area contributed by atoms with Gasteiger partial charge in [0.2, 0.25) is 0 Å². The second-order valence-electron chi connectivity index (χ2n) is 5.86. The van der Waals surface area contributed by atoms with Crippen LogP contribution >= 0.6 is 0 Å². The third-order valence-corrected chi connectivity index (χ3v) is 3.89. The van der Waals surface area contributed by atoms with Crippen LogP contribution in [0.3, 0.4) is 0 Å². The van der Waals surface area contributed by atoms with Crippen LogP contribution in [0.5, 0.6) is 0 Å². The second kappa shape index (κ2) is 10.1. The fourth-order valence-corrected chi connectivity index (χ4v) is 2.51. The van der Waals surface area contributed by atoms with E-state index in [0.29, 0.717) is 24.5 Å². The highest BCUT2D eigenvalue weighted by Crippen LogP contribution is 2.25. The molecule has 0 aliphatic carbocycles. The van der Waals surface area contributed by atoms with Crippen LogP contribution in [0.1, 0.15) is 19.4 Å². The summed E-state index contributed by atoms with van der Waals surface area (Å²) in [4.78, 5) is 49.0. The maximum Gasteiger partial charge on any atom is 0.414 e. The molecule has 0 saturated carbocycles. The number of amides is 3. The van der Waals surface area contributed by atoms with E-state index in [9.17, 15) is 19.2 Å². The molecule has 0 aromatic heterocycles. The minimum Gasteiger partial charge on any atom is -0.462 e. The molecule has 0 atom stereocenters. The summed E-state index contributed by atoms with van der Waals surface area (Å²) in [6, 6.07) is 5.17. The van der Waals surface area contributed by atoms with Crippen molar-refractivity contribution < 1.29 is 33.4 Å². The molecular weight excluding hydrogens is 382 g/mol. The van der Waals surface area contributed by atoms with Gasteiger partial charge >= 0.3 is 18.2 Å². The summed E-state index contributed by atoms with van der Waals surface area (Å²) in [6.07, 6.45) is -0.227. The van der Waals surface area contributed by atoms with Crippen molar-refractivity contribution in [3.8, 4) is 0 Å². The van der Waals surface area contributed by atoms with E-state index in [1.54, 1.807) is 39.0 Å². The molecular formula is C19H23N3O7. The highest BCUT2D eigenvalue weighted by Gasteiger charge is 2.24. The third-order valence-electron chi connectivity index (χ3n) is 3.89. The van der Waals surface area contributed by atoms with Gasteiger partial charge in [0.05, 0.1) is 19.8 Å².